The van der Waals surface area contributed by atoms with E-state index in [-0.39, 0.29) is 17.8 Å². The Morgan fingerprint density at radius 2 is 1.78 bits per heavy atom. The van der Waals surface area contributed by atoms with Crippen molar-refractivity contribution in [2.75, 3.05) is 0 Å². The molecule has 92 valence electrons. The highest BCUT2D eigenvalue weighted by Gasteiger charge is 2.09. The summed E-state index contributed by atoms with van der Waals surface area (Å²) in [7, 11) is 0. The maximum atomic E-state index is 11.7. The van der Waals surface area contributed by atoms with Gasteiger partial charge in [0.05, 0.1) is 0 Å². The summed E-state index contributed by atoms with van der Waals surface area (Å²) in [5.41, 5.74) is 6.59. The highest BCUT2D eigenvalue weighted by atomic mass is 16.2. The third kappa shape index (κ3) is 3.11. The topological polar surface area (TPSA) is 66.9 Å². The van der Waals surface area contributed by atoms with Crippen molar-refractivity contribution >= 4 is 5.91 Å². The zero-order chi connectivity index (χ0) is 12.8. The van der Waals surface area contributed by atoms with Crippen LogP contribution in [0, 0.1) is 0 Å². The van der Waals surface area contributed by atoms with E-state index in [1.165, 1.54) is 12.4 Å². The van der Waals surface area contributed by atoms with Crippen LogP contribution < -0.4 is 10.9 Å². The van der Waals surface area contributed by atoms with Crippen molar-refractivity contribution in [3.05, 3.63) is 60.2 Å². The monoisotopic (exact) mass is 242 g/mol. The molecule has 2 aromatic rings. The van der Waals surface area contributed by atoms with Gasteiger partial charge in [-0.3, -0.25) is 10.2 Å². The van der Waals surface area contributed by atoms with Gasteiger partial charge >= 0.3 is 5.91 Å². The fourth-order valence-electron chi connectivity index (χ4n) is 1.47. The Balaban J connectivity index is 1.91. The second kappa shape index (κ2) is 5.88. The Bertz CT molecular complexity index is 501. The molecular weight excluding hydrogens is 228 g/mol. The number of hydrogen-bond donors (Lipinski definition) is 2. The summed E-state index contributed by atoms with van der Waals surface area (Å²) in [5.74, 6) is -0.205. The Morgan fingerprint density at radius 3 is 2.44 bits per heavy atom. The first-order valence-electron chi connectivity index (χ1n) is 5.65. The van der Waals surface area contributed by atoms with E-state index in [4.69, 9.17) is 0 Å². The number of nitrogens with zero attached hydrogens (tertiary/aromatic N) is 2. The Hall–Kier alpha value is -2.27. The minimum absolute atomic E-state index is 0.0128. The average molecular weight is 242 g/mol. The second-order valence-corrected chi connectivity index (χ2v) is 3.80. The summed E-state index contributed by atoms with van der Waals surface area (Å²) in [5, 5.41) is 0. The molecule has 1 heterocycles. The van der Waals surface area contributed by atoms with Gasteiger partial charge in [0.15, 0.2) is 0 Å². The molecule has 0 aliphatic heterocycles. The van der Waals surface area contributed by atoms with Crippen LogP contribution in [0.1, 0.15) is 29.1 Å². The lowest BCUT2D eigenvalue weighted by Gasteiger charge is -2.14. The summed E-state index contributed by atoms with van der Waals surface area (Å²) in [4.78, 5) is 19.4. The number of aromatic nitrogens is 2. The van der Waals surface area contributed by atoms with Crippen molar-refractivity contribution < 1.29 is 4.79 Å². The van der Waals surface area contributed by atoms with Crippen LogP contribution in [-0.2, 0) is 0 Å². The smallest absolute Gasteiger partial charge is 0.284 e. The minimum atomic E-state index is -0.349. The first kappa shape index (κ1) is 12.2. The number of hydrogen-bond acceptors (Lipinski definition) is 4. The highest BCUT2D eigenvalue weighted by molar-refractivity contribution is 5.89. The zero-order valence-corrected chi connectivity index (χ0v) is 10.00. The van der Waals surface area contributed by atoms with Gasteiger partial charge < -0.3 is 0 Å². The largest absolute Gasteiger partial charge is 0.303 e. The molecule has 0 aliphatic rings. The Morgan fingerprint density at radius 1 is 1.11 bits per heavy atom. The van der Waals surface area contributed by atoms with E-state index in [1.54, 1.807) is 6.07 Å². The third-order valence-corrected chi connectivity index (χ3v) is 2.47. The van der Waals surface area contributed by atoms with Gasteiger partial charge in [-0.15, -0.1) is 0 Å². The number of carbonyl (C=O) groups excluding carboxylic acids is 1. The number of amides is 1. The van der Waals surface area contributed by atoms with Crippen LogP contribution in [0.15, 0.2) is 48.8 Å². The normalized spacial score (nSPS) is 11.8. The number of benzene rings is 1. The molecule has 0 fully saturated rings. The van der Waals surface area contributed by atoms with Gasteiger partial charge in [-0.05, 0) is 18.6 Å². The number of carbonyl (C=O) groups is 1. The predicted molar refractivity (Wildman–Crippen MR) is 67.5 cm³/mol. The SMILES string of the molecule is CC(NNC(=O)c1ncccn1)c1ccccc1. The molecule has 1 atom stereocenters. The Labute approximate surface area is 105 Å². The lowest BCUT2D eigenvalue weighted by Crippen LogP contribution is -2.39. The van der Waals surface area contributed by atoms with Gasteiger partial charge in [0.2, 0.25) is 5.82 Å². The van der Waals surface area contributed by atoms with Gasteiger partial charge in [0, 0.05) is 18.4 Å². The lowest BCUT2D eigenvalue weighted by atomic mass is 10.1. The molecule has 2 N–H and O–H groups in total. The summed E-state index contributed by atoms with van der Waals surface area (Å²) in [6, 6.07) is 11.5. The molecule has 0 radical (unpaired) electrons. The van der Waals surface area contributed by atoms with Crippen LogP contribution in [0.4, 0.5) is 0 Å². The van der Waals surface area contributed by atoms with Gasteiger partial charge in [-0.1, -0.05) is 30.3 Å². The van der Waals surface area contributed by atoms with Gasteiger partial charge in [-0.25, -0.2) is 15.4 Å². The molecule has 2 rings (SSSR count). The maximum absolute atomic E-state index is 11.7. The quantitative estimate of drug-likeness (QED) is 0.797. The van der Waals surface area contributed by atoms with Crippen LogP contribution in [-0.4, -0.2) is 15.9 Å². The standard InChI is InChI=1S/C13H14N4O/c1-10(11-6-3-2-4-7-11)16-17-13(18)12-14-8-5-9-15-12/h2-10,16H,1H3,(H,17,18). The molecule has 1 unspecified atom stereocenters. The molecule has 0 bridgehead atoms. The van der Waals surface area contributed by atoms with E-state index < -0.39 is 0 Å². The van der Waals surface area contributed by atoms with Crippen LogP contribution in [0.3, 0.4) is 0 Å². The van der Waals surface area contributed by atoms with E-state index in [2.05, 4.69) is 20.8 Å². The molecule has 5 nitrogen and oxygen atoms in total. The first-order valence-corrected chi connectivity index (χ1v) is 5.65. The van der Waals surface area contributed by atoms with Crippen molar-refractivity contribution in [1.29, 1.82) is 0 Å². The molecule has 0 spiro atoms. The summed E-state index contributed by atoms with van der Waals surface area (Å²) >= 11 is 0. The van der Waals surface area contributed by atoms with Gasteiger partial charge in [-0.2, -0.15) is 0 Å². The van der Waals surface area contributed by atoms with E-state index in [9.17, 15) is 4.79 Å². The number of hydrazine groups is 1. The molecule has 0 aliphatic carbocycles. The van der Waals surface area contributed by atoms with Crippen LogP contribution in [0.25, 0.3) is 0 Å². The second-order valence-electron chi connectivity index (χ2n) is 3.80. The van der Waals surface area contributed by atoms with E-state index in [0.29, 0.717) is 0 Å². The first-order chi connectivity index (χ1) is 8.77. The fraction of sp³-hybridized carbons (Fsp3) is 0.154. The predicted octanol–water partition coefficient (Wildman–Crippen LogP) is 1.47. The van der Waals surface area contributed by atoms with Gasteiger partial charge in [0.25, 0.3) is 0 Å². The summed E-state index contributed by atoms with van der Waals surface area (Å²) in [6.07, 6.45) is 3.06. The number of rotatable bonds is 4. The van der Waals surface area contributed by atoms with Crippen molar-refractivity contribution in [3.8, 4) is 0 Å². The molecule has 0 saturated heterocycles. The molecule has 1 aromatic carbocycles. The molecule has 0 saturated carbocycles. The van der Waals surface area contributed by atoms with Crippen LogP contribution >= 0.6 is 0 Å². The Kier molecular flexibility index (Phi) is 3.98. The summed E-state index contributed by atoms with van der Waals surface area (Å²) < 4.78 is 0. The maximum Gasteiger partial charge on any atom is 0.303 e. The summed E-state index contributed by atoms with van der Waals surface area (Å²) in [6.45, 7) is 1.96. The van der Waals surface area contributed by atoms with Crippen molar-refractivity contribution in [3.63, 3.8) is 0 Å². The van der Waals surface area contributed by atoms with E-state index in [1.807, 2.05) is 37.3 Å². The van der Waals surface area contributed by atoms with Crippen molar-refractivity contribution in [1.82, 2.24) is 20.8 Å². The molecule has 5 heteroatoms. The van der Waals surface area contributed by atoms with E-state index in [0.717, 1.165) is 5.56 Å². The van der Waals surface area contributed by atoms with Crippen molar-refractivity contribution in [2.24, 2.45) is 0 Å². The zero-order valence-electron chi connectivity index (χ0n) is 10.00. The fourth-order valence-corrected chi connectivity index (χ4v) is 1.47. The molecule has 1 amide bonds. The van der Waals surface area contributed by atoms with Crippen LogP contribution in [0.2, 0.25) is 0 Å². The van der Waals surface area contributed by atoms with E-state index >= 15 is 0 Å². The molecule has 18 heavy (non-hydrogen) atoms. The van der Waals surface area contributed by atoms with Crippen LogP contribution in [0.5, 0.6) is 0 Å². The highest BCUT2D eigenvalue weighted by Crippen LogP contribution is 2.09. The minimum Gasteiger partial charge on any atom is -0.284 e. The average Bonchev–Trinajstić information content (AvgIpc) is 2.46. The number of nitrogens with one attached hydrogen (secondary N) is 2. The molecular formula is C13H14N4O. The lowest BCUT2D eigenvalue weighted by molar-refractivity contribution is 0.0915. The third-order valence-electron chi connectivity index (χ3n) is 2.47. The van der Waals surface area contributed by atoms with Crippen molar-refractivity contribution in [2.45, 2.75) is 13.0 Å². The van der Waals surface area contributed by atoms with Gasteiger partial charge in [0.1, 0.15) is 0 Å². The molecule has 1 aromatic heterocycles.